The van der Waals surface area contributed by atoms with Crippen molar-refractivity contribution in [3.63, 3.8) is 0 Å². The molecule has 0 N–H and O–H groups in total. The summed E-state index contributed by atoms with van der Waals surface area (Å²) in [6, 6.07) is 0. The number of aryl methyl sites for hydroxylation is 1. The summed E-state index contributed by atoms with van der Waals surface area (Å²) in [5, 5.41) is 6.43. The number of aromatic nitrogens is 2. The van der Waals surface area contributed by atoms with Crippen molar-refractivity contribution >= 4 is 6.29 Å². The molecule has 0 aliphatic rings. The Bertz CT molecular complexity index is 294. The van der Waals surface area contributed by atoms with Crippen molar-refractivity contribution in [1.29, 1.82) is 0 Å². The highest BCUT2D eigenvalue weighted by molar-refractivity contribution is 5.66. The van der Waals surface area contributed by atoms with E-state index in [0.717, 1.165) is 0 Å². The predicted molar refractivity (Wildman–Crippen MR) is 34.1 cm³/mol. The quantitative estimate of drug-likeness (QED) is 0.682. The van der Waals surface area contributed by atoms with Crippen molar-refractivity contribution in [3.05, 3.63) is 11.8 Å². The van der Waals surface area contributed by atoms with Gasteiger partial charge in [-0.05, 0) is 0 Å². The van der Waals surface area contributed by atoms with Gasteiger partial charge in [0.25, 0.3) is 5.89 Å². The van der Waals surface area contributed by atoms with Gasteiger partial charge in [0, 0.05) is 6.42 Å². The Kier molecular flexibility index (Phi) is 2.64. The molecule has 72 valence electrons. The fourth-order valence-electron chi connectivity index (χ4n) is 0.664. The zero-order valence-electron chi connectivity index (χ0n) is 6.34. The van der Waals surface area contributed by atoms with Crippen LogP contribution in [0.4, 0.5) is 13.2 Å². The minimum absolute atomic E-state index is 0.181. The van der Waals surface area contributed by atoms with Gasteiger partial charge in [-0.2, -0.15) is 13.2 Å². The summed E-state index contributed by atoms with van der Waals surface area (Å²) >= 11 is 0. The van der Waals surface area contributed by atoms with Gasteiger partial charge in [-0.1, -0.05) is 0 Å². The minimum atomic E-state index is -4.25. The van der Waals surface area contributed by atoms with Gasteiger partial charge in [0.2, 0.25) is 12.2 Å². The van der Waals surface area contributed by atoms with Gasteiger partial charge < -0.3 is 4.42 Å². The molecular weight excluding hydrogens is 189 g/mol. The van der Waals surface area contributed by atoms with Crippen LogP contribution in [0.1, 0.15) is 23.0 Å². The van der Waals surface area contributed by atoms with E-state index in [1.807, 2.05) is 0 Å². The molecule has 0 unspecified atom stereocenters. The van der Waals surface area contributed by atoms with Crippen molar-refractivity contribution in [2.24, 2.45) is 0 Å². The Hall–Kier alpha value is -1.40. The van der Waals surface area contributed by atoms with Crippen LogP contribution < -0.4 is 0 Å². The molecule has 0 bridgehead atoms. The second kappa shape index (κ2) is 3.55. The van der Waals surface area contributed by atoms with E-state index >= 15 is 0 Å². The molecule has 0 atom stereocenters. The molecule has 0 fully saturated rings. The summed E-state index contributed by atoms with van der Waals surface area (Å²) in [4.78, 5) is 10.0. The van der Waals surface area contributed by atoms with Gasteiger partial charge in [0.15, 0.2) is 0 Å². The van der Waals surface area contributed by atoms with E-state index in [-0.39, 0.29) is 18.1 Å². The molecule has 0 saturated heterocycles. The van der Waals surface area contributed by atoms with Crippen LogP contribution in [-0.2, 0) is 6.42 Å². The largest absolute Gasteiger partial charge is 0.419 e. The fraction of sp³-hybridized carbons (Fsp3) is 0.500. The third kappa shape index (κ3) is 3.22. The van der Waals surface area contributed by atoms with Crippen LogP contribution in [-0.4, -0.2) is 22.7 Å². The summed E-state index contributed by atoms with van der Waals surface area (Å²) in [6.45, 7) is 0. The number of rotatable bonds is 3. The summed E-state index contributed by atoms with van der Waals surface area (Å²) in [7, 11) is 0. The van der Waals surface area contributed by atoms with Crippen molar-refractivity contribution in [2.75, 3.05) is 0 Å². The van der Waals surface area contributed by atoms with Crippen LogP contribution in [0.15, 0.2) is 4.42 Å². The first kappa shape index (κ1) is 9.69. The monoisotopic (exact) mass is 194 g/mol. The van der Waals surface area contributed by atoms with Crippen molar-refractivity contribution in [1.82, 2.24) is 10.2 Å². The molecule has 1 aromatic heterocycles. The van der Waals surface area contributed by atoms with E-state index in [2.05, 4.69) is 14.6 Å². The number of carbonyl (C=O) groups is 1. The maximum absolute atomic E-state index is 11.7. The van der Waals surface area contributed by atoms with E-state index in [1.54, 1.807) is 0 Å². The standard InChI is InChI=1S/C6H5F3N2O2/c7-6(8,9)2-1-4-10-11-5(3-12)13-4/h3H,1-2H2. The lowest BCUT2D eigenvalue weighted by Crippen LogP contribution is -2.08. The molecule has 0 aromatic carbocycles. The van der Waals surface area contributed by atoms with E-state index in [4.69, 9.17) is 0 Å². The summed E-state index contributed by atoms with van der Waals surface area (Å²) in [6.07, 6.45) is -5.41. The van der Waals surface area contributed by atoms with Crippen molar-refractivity contribution in [3.8, 4) is 0 Å². The van der Waals surface area contributed by atoms with Crippen LogP contribution >= 0.6 is 0 Å². The number of nitrogens with zero attached hydrogens (tertiary/aromatic N) is 2. The second-order valence-electron chi connectivity index (χ2n) is 2.27. The molecule has 0 aliphatic carbocycles. The SMILES string of the molecule is O=Cc1nnc(CCC(F)(F)F)o1. The van der Waals surface area contributed by atoms with Gasteiger partial charge in [0.05, 0.1) is 6.42 Å². The molecule has 1 aromatic rings. The van der Waals surface area contributed by atoms with Gasteiger partial charge >= 0.3 is 6.18 Å². The average Bonchev–Trinajstić information content (AvgIpc) is 2.47. The van der Waals surface area contributed by atoms with Crippen LogP contribution in [0.2, 0.25) is 0 Å². The molecule has 4 nitrogen and oxygen atoms in total. The third-order valence-electron chi connectivity index (χ3n) is 1.21. The van der Waals surface area contributed by atoms with Crippen LogP contribution in [0.3, 0.4) is 0 Å². The zero-order chi connectivity index (χ0) is 9.90. The van der Waals surface area contributed by atoms with Crippen LogP contribution in [0.5, 0.6) is 0 Å². The second-order valence-corrected chi connectivity index (χ2v) is 2.27. The topological polar surface area (TPSA) is 56.0 Å². The predicted octanol–water partition coefficient (Wildman–Crippen LogP) is 1.38. The normalized spacial score (nSPS) is 11.6. The van der Waals surface area contributed by atoms with E-state index in [0.29, 0.717) is 0 Å². The smallest absolute Gasteiger partial charge is 0.389 e. The first-order chi connectivity index (χ1) is 6.01. The Morgan fingerprint density at radius 3 is 2.54 bits per heavy atom. The number of hydrogen-bond acceptors (Lipinski definition) is 4. The molecular formula is C6H5F3N2O2. The fourth-order valence-corrected chi connectivity index (χ4v) is 0.664. The van der Waals surface area contributed by atoms with Gasteiger partial charge in [-0.3, -0.25) is 4.79 Å². The van der Waals surface area contributed by atoms with Crippen LogP contribution in [0, 0.1) is 0 Å². The minimum Gasteiger partial charge on any atom is -0.419 e. The van der Waals surface area contributed by atoms with Gasteiger partial charge in [-0.15, -0.1) is 10.2 Å². The first-order valence-corrected chi connectivity index (χ1v) is 3.35. The Morgan fingerprint density at radius 1 is 1.38 bits per heavy atom. The summed E-state index contributed by atoms with van der Waals surface area (Å²) < 4.78 is 39.5. The zero-order valence-corrected chi connectivity index (χ0v) is 6.34. The maximum atomic E-state index is 11.7. The highest BCUT2D eigenvalue weighted by Gasteiger charge is 2.27. The highest BCUT2D eigenvalue weighted by atomic mass is 19.4. The number of aldehydes is 1. The molecule has 0 radical (unpaired) electrons. The third-order valence-corrected chi connectivity index (χ3v) is 1.21. The first-order valence-electron chi connectivity index (χ1n) is 3.35. The Labute approximate surface area is 70.8 Å². The maximum Gasteiger partial charge on any atom is 0.389 e. The van der Waals surface area contributed by atoms with E-state index in [1.165, 1.54) is 0 Å². The number of halogens is 3. The van der Waals surface area contributed by atoms with E-state index in [9.17, 15) is 18.0 Å². The molecule has 0 amide bonds. The molecule has 0 saturated carbocycles. The Balaban J connectivity index is 2.50. The number of carbonyl (C=O) groups excluding carboxylic acids is 1. The summed E-state index contributed by atoms with van der Waals surface area (Å²) in [5.41, 5.74) is 0. The molecule has 0 aliphatic heterocycles. The molecule has 7 heteroatoms. The van der Waals surface area contributed by atoms with Crippen molar-refractivity contribution in [2.45, 2.75) is 19.0 Å². The van der Waals surface area contributed by atoms with Gasteiger partial charge in [0.1, 0.15) is 0 Å². The molecule has 0 spiro atoms. The lowest BCUT2D eigenvalue weighted by Gasteiger charge is -2.01. The molecule has 1 rings (SSSR count). The lowest BCUT2D eigenvalue weighted by molar-refractivity contribution is -0.134. The Morgan fingerprint density at radius 2 is 2.08 bits per heavy atom. The molecule has 1 heterocycles. The average molecular weight is 194 g/mol. The highest BCUT2D eigenvalue weighted by Crippen LogP contribution is 2.21. The van der Waals surface area contributed by atoms with E-state index < -0.39 is 19.0 Å². The van der Waals surface area contributed by atoms with Crippen molar-refractivity contribution < 1.29 is 22.4 Å². The number of alkyl halides is 3. The lowest BCUT2D eigenvalue weighted by atomic mass is 10.3. The molecule has 13 heavy (non-hydrogen) atoms. The summed E-state index contributed by atoms with van der Waals surface area (Å²) in [5.74, 6) is -0.489. The number of hydrogen-bond donors (Lipinski definition) is 0. The van der Waals surface area contributed by atoms with Crippen LogP contribution in [0.25, 0.3) is 0 Å². The van der Waals surface area contributed by atoms with Gasteiger partial charge in [-0.25, -0.2) is 0 Å².